The third-order valence-corrected chi connectivity index (χ3v) is 3.88. The van der Waals surface area contributed by atoms with Crippen LogP contribution in [0.3, 0.4) is 0 Å². The Bertz CT molecular complexity index is 326. The summed E-state index contributed by atoms with van der Waals surface area (Å²) >= 11 is 1.86. The Balaban J connectivity index is 2.73. The molecule has 0 bridgehead atoms. The first-order chi connectivity index (χ1) is 8.10. The van der Waals surface area contributed by atoms with Crippen LogP contribution in [0, 0.1) is 0 Å². The van der Waals surface area contributed by atoms with Crippen LogP contribution in [0.4, 0.5) is 5.69 Å². The topological polar surface area (TPSA) is 42.1 Å². The zero-order chi connectivity index (χ0) is 12.8. The van der Waals surface area contributed by atoms with Crippen LogP contribution in [0.5, 0.6) is 0 Å². The lowest BCUT2D eigenvalue weighted by atomic mass is 10.1. The summed E-state index contributed by atoms with van der Waals surface area (Å²) in [6.07, 6.45) is 4.97. The van der Waals surface area contributed by atoms with E-state index >= 15 is 0 Å². The smallest absolute Gasteiger partial charge is 0.0572 e. The molecule has 1 rings (SSSR count). The van der Waals surface area contributed by atoms with Gasteiger partial charge in [-0.05, 0) is 31.7 Å². The fraction of sp³-hybridized carbons (Fsp3) is 0.615. The predicted octanol–water partition coefficient (Wildman–Crippen LogP) is 2.68. The second-order valence-electron chi connectivity index (χ2n) is 4.37. The van der Waals surface area contributed by atoms with Gasteiger partial charge in [-0.25, -0.2) is 0 Å². The number of nitrogens with zero attached hydrogens (tertiary/aromatic N) is 2. The molecule has 0 radical (unpaired) electrons. The van der Waals surface area contributed by atoms with E-state index in [9.17, 15) is 0 Å². The van der Waals surface area contributed by atoms with Crippen LogP contribution in [-0.4, -0.2) is 30.1 Å². The lowest BCUT2D eigenvalue weighted by molar-refractivity contribution is 0.674. The number of anilines is 1. The number of pyridine rings is 1. The number of rotatable bonds is 6. The van der Waals surface area contributed by atoms with Crippen LogP contribution in [0.1, 0.15) is 32.0 Å². The fourth-order valence-corrected chi connectivity index (χ4v) is 2.35. The van der Waals surface area contributed by atoms with Crippen LogP contribution < -0.4 is 10.6 Å². The molecule has 0 aliphatic heterocycles. The molecule has 0 amide bonds. The van der Waals surface area contributed by atoms with E-state index < -0.39 is 0 Å². The van der Waals surface area contributed by atoms with Gasteiger partial charge in [-0.15, -0.1) is 0 Å². The van der Waals surface area contributed by atoms with E-state index in [1.54, 1.807) is 0 Å². The van der Waals surface area contributed by atoms with Crippen molar-refractivity contribution < 1.29 is 0 Å². The Morgan fingerprint density at radius 2 is 2.18 bits per heavy atom. The number of hydrogen-bond acceptors (Lipinski definition) is 4. The van der Waals surface area contributed by atoms with Gasteiger partial charge in [-0.3, -0.25) is 4.98 Å². The van der Waals surface area contributed by atoms with Gasteiger partial charge in [-0.2, -0.15) is 11.8 Å². The molecule has 3 nitrogen and oxygen atoms in total. The van der Waals surface area contributed by atoms with Crippen LogP contribution >= 0.6 is 11.8 Å². The minimum absolute atomic E-state index is 0.0537. The molecule has 4 heteroatoms. The van der Waals surface area contributed by atoms with Gasteiger partial charge in [0.05, 0.1) is 17.6 Å². The minimum Gasteiger partial charge on any atom is -0.370 e. The molecule has 0 aromatic carbocycles. The molecular weight excluding hydrogens is 230 g/mol. The third kappa shape index (κ3) is 3.89. The maximum Gasteiger partial charge on any atom is 0.0572 e. The highest BCUT2D eigenvalue weighted by Crippen LogP contribution is 2.18. The summed E-state index contributed by atoms with van der Waals surface area (Å²) in [5.74, 6) is 1.12. The highest BCUT2D eigenvalue weighted by molar-refractivity contribution is 7.98. The van der Waals surface area contributed by atoms with E-state index in [-0.39, 0.29) is 6.04 Å². The molecule has 17 heavy (non-hydrogen) atoms. The summed E-state index contributed by atoms with van der Waals surface area (Å²) < 4.78 is 0. The Labute approximate surface area is 109 Å². The summed E-state index contributed by atoms with van der Waals surface area (Å²) in [5.41, 5.74) is 8.07. The van der Waals surface area contributed by atoms with Gasteiger partial charge in [0.15, 0.2) is 0 Å². The molecule has 1 heterocycles. The Morgan fingerprint density at radius 3 is 2.65 bits per heavy atom. The highest BCUT2D eigenvalue weighted by Gasteiger charge is 2.10. The van der Waals surface area contributed by atoms with Crippen molar-refractivity contribution in [1.82, 2.24) is 4.98 Å². The van der Waals surface area contributed by atoms with Crippen molar-refractivity contribution in [2.45, 2.75) is 32.4 Å². The van der Waals surface area contributed by atoms with Gasteiger partial charge in [0.2, 0.25) is 0 Å². The second kappa shape index (κ2) is 6.87. The summed E-state index contributed by atoms with van der Waals surface area (Å²) in [6.45, 7) is 4.30. The van der Waals surface area contributed by atoms with E-state index in [4.69, 9.17) is 5.73 Å². The number of thioether (sulfide) groups is 1. The maximum atomic E-state index is 5.95. The van der Waals surface area contributed by atoms with E-state index in [1.807, 2.05) is 24.0 Å². The Morgan fingerprint density at radius 1 is 1.47 bits per heavy atom. The molecule has 0 aliphatic carbocycles. The van der Waals surface area contributed by atoms with Gasteiger partial charge in [0.1, 0.15) is 0 Å². The van der Waals surface area contributed by atoms with E-state index in [0.717, 1.165) is 23.6 Å². The summed E-state index contributed by atoms with van der Waals surface area (Å²) in [5, 5.41) is 0. The van der Waals surface area contributed by atoms with E-state index in [2.05, 4.69) is 43.1 Å². The zero-order valence-electron chi connectivity index (χ0n) is 11.2. The van der Waals surface area contributed by atoms with Crippen LogP contribution in [0.2, 0.25) is 0 Å². The number of aromatic nitrogens is 1. The molecule has 0 aliphatic rings. The number of nitrogens with two attached hydrogens (primary N) is 1. The van der Waals surface area contributed by atoms with Gasteiger partial charge >= 0.3 is 0 Å². The molecule has 1 aromatic heterocycles. The first-order valence-electron chi connectivity index (χ1n) is 6.03. The van der Waals surface area contributed by atoms with Gasteiger partial charge in [0, 0.05) is 24.9 Å². The van der Waals surface area contributed by atoms with Crippen molar-refractivity contribution >= 4 is 17.4 Å². The van der Waals surface area contributed by atoms with Crippen LogP contribution in [0.25, 0.3) is 0 Å². The lowest BCUT2D eigenvalue weighted by Gasteiger charge is -2.26. The third-order valence-electron chi connectivity index (χ3n) is 3.07. The summed E-state index contributed by atoms with van der Waals surface area (Å²) in [4.78, 5) is 6.69. The Hall–Kier alpha value is -0.740. The normalized spacial score (nSPS) is 14.4. The van der Waals surface area contributed by atoms with Crippen molar-refractivity contribution in [2.24, 2.45) is 5.73 Å². The van der Waals surface area contributed by atoms with Gasteiger partial charge in [-0.1, -0.05) is 6.92 Å². The number of hydrogen-bond donors (Lipinski definition) is 1. The van der Waals surface area contributed by atoms with Crippen molar-refractivity contribution in [3.05, 3.63) is 24.0 Å². The summed E-state index contributed by atoms with van der Waals surface area (Å²) in [6, 6.07) is 4.70. The highest BCUT2D eigenvalue weighted by atomic mass is 32.2. The largest absolute Gasteiger partial charge is 0.370 e. The SMILES string of the molecule is CC[C@H](N)c1ccc(N(C)C(C)CSC)cn1. The van der Waals surface area contributed by atoms with Gasteiger partial charge in [0.25, 0.3) is 0 Å². The lowest BCUT2D eigenvalue weighted by Crippen LogP contribution is -2.30. The molecule has 0 fully saturated rings. The molecule has 0 saturated carbocycles. The van der Waals surface area contributed by atoms with E-state index in [1.165, 1.54) is 0 Å². The summed E-state index contributed by atoms with van der Waals surface area (Å²) in [7, 11) is 2.11. The molecule has 96 valence electrons. The van der Waals surface area contributed by atoms with Crippen molar-refractivity contribution in [3.8, 4) is 0 Å². The predicted molar refractivity (Wildman–Crippen MR) is 77.7 cm³/mol. The standard InChI is InChI=1S/C13H23N3S/c1-5-12(14)13-7-6-11(8-15-13)16(3)10(2)9-17-4/h6-8,10,12H,5,9,14H2,1-4H3/t10?,12-/m0/s1. The zero-order valence-corrected chi connectivity index (χ0v) is 12.0. The second-order valence-corrected chi connectivity index (χ2v) is 5.28. The molecule has 1 aromatic rings. The molecular formula is C13H23N3S. The van der Waals surface area contributed by atoms with E-state index in [0.29, 0.717) is 6.04 Å². The quantitative estimate of drug-likeness (QED) is 0.846. The first kappa shape index (κ1) is 14.3. The van der Waals surface area contributed by atoms with Crippen molar-refractivity contribution in [2.75, 3.05) is 24.0 Å². The minimum atomic E-state index is 0.0537. The molecule has 2 atom stereocenters. The Kier molecular flexibility index (Phi) is 5.78. The van der Waals surface area contributed by atoms with Crippen LogP contribution in [0.15, 0.2) is 18.3 Å². The van der Waals surface area contributed by atoms with Gasteiger partial charge < -0.3 is 10.6 Å². The molecule has 1 unspecified atom stereocenters. The maximum absolute atomic E-state index is 5.95. The average Bonchev–Trinajstić information content (AvgIpc) is 2.37. The van der Waals surface area contributed by atoms with Crippen molar-refractivity contribution in [3.63, 3.8) is 0 Å². The fourth-order valence-electron chi connectivity index (χ4n) is 1.64. The van der Waals surface area contributed by atoms with Crippen LogP contribution in [-0.2, 0) is 0 Å². The monoisotopic (exact) mass is 253 g/mol. The first-order valence-corrected chi connectivity index (χ1v) is 7.42. The molecule has 2 N–H and O–H groups in total. The molecule has 0 saturated heterocycles. The van der Waals surface area contributed by atoms with Crippen molar-refractivity contribution in [1.29, 1.82) is 0 Å². The average molecular weight is 253 g/mol. The molecule has 0 spiro atoms.